The second kappa shape index (κ2) is 7.92. The molecule has 0 atom stereocenters. The summed E-state index contributed by atoms with van der Waals surface area (Å²) in [5.74, 6) is 0.123. The number of fused-ring (bicyclic) bond motifs is 3. The van der Waals surface area contributed by atoms with Gasteiger partial charge in [-0.3, -0.25) is 4.79 Å². The predicted octanol–water partition coefficient (Wildman–Crippen LogP) is 5.50. The number of nitrogens with zero attached hydrogens (tertiary/aromatic N) is 1. The van der Waals surface area contributed by atoms with Crippen molar-refractivity contribution in [2.45, 2.75) is 27.3 Å². The van der Waals surface area contributed by atoms with Crippen molar-refractivity contribution in [1.82, 2.24) is 0 Å². The fourth-order valence-corrected chi connectivity index (χ4v) is 3.26. The summed E-state index contributed by atoms with van der Waals surface area (Å²) in [6.45, 7) is 6.49. The molecule has 0 radical (unpaired) electrons. The lowest BCUT2D eigenvalue weighted by atomic mass is 9.96. The van der Waals surface area contributed by atoms with Crippen LogP contribution in [0.1, 0.15) is 29.8 Å². The second-order valence-corrected chi connectivity index (χ2v) is 6.15. The maximum absolute atomic E-state index is 12.6. The van der Waals surface area contributed by atoms with E-state index in [1.807, 2.05) is 61.1 Å². The van der Waals surface area contributed by atoms with Crippen molar-refractivity contribution in [3.05, 3.63) is 90.3 Å². The van der Waals surface area contributed by atoms with Crippen molar-refractivity contribution in [3.8, 4) is 0 Å². The summed E-state index contributed by atoms with van der Waals surface area (Å²) in [4.78, 5) is 12.6. The SMILES string of the molecule is CC.Cc1cc2ccc(C(=O)C[n+]3ccccc3)cc2c2ccccc12. The fourth-order valence-electron chi connectivity index (χ4n) is 3.26. The molecule has 2 heteroatoms. The number of benzene rings is 3. The molecule has 0 aliphatic rings. The molecule has 4 aromatic rings. The van der Waals surface area contributed by atoms with Crippen LogP contribution >= 0.6 is 0 Å². The zero-order valence-electron chi connectivity index (χ0n) is 15.6. The third kappa shape index (κ3) is 3.50. The van der Waals surface area contributed by atoms with Gasteiger partial charge in [0.05, 0.1) is 0 Å². The molecule has 3 aromatic carbocycles. The minimum absolute atomic E-state index is 0.123. The van der Waals surface area contributed by atoms with E-state index in [1.54, 1.807) is 0 Å². The lowest BCUT2D eigenvalue weighted by molar-refractivity contribution is -0.683. The molecule has 0 spiro atoms. The molecule has 2 nitrogen and oxygen atoms in total. The number of hydrogen-bond acceptors (Lipinski definition) is 1. The van der Waals surface area contributed by atoms with Crippen LogP contribution in [0.2, 0.25) is 0 Å². The smallest absolute Gasteiger partial charge is 0.227 e. The molecule has 0 aliphatic heterocycles. The number of carbonyl (C=O) groups is 1. The number of aryl methyl sites for hydroxylation is 1. The lowest BCUT2D eigenvalue weighted by Crippen LogP contribution is -2.36. The van der Waals surface area contributed by atoms with Gasteiger partial charge < -0.3 is 0 Å². The van der Waals surface area contributed by atoms with Gasteiger partial charge in [-0.25, -0.2) is 0 Å². The molecule has 4 rings (SSSR count). The van der Waals surface area contributed by atoms with E-state index < -0.39 is 0 Å². The van der Waals surface area contributed by atoms with E-state index in [2.05, 4.69) is 43.3 Å². The van der Waals surface area contributed by atoms with Gasteiger partial charge in [0, 0.05) is 17.7 Å². The Labute approximate surface area is 154 Å². The standard InChI is InChI=1S/C22H18NO.C2H6/c1-16-13-17-9-10-18(22(24)15-23-11-5-2-6-12-23)14-21(17)20-8-4-3-7-19(16)20;1-2/h2-14H,15H2,1H3;1-2H3/q+1;. The summed E-state index contributed by atoms with van der Waals surface area (Å²) in [6.07, 6.45) is 3.83. The van der Waals surface area contributed by atoms with Crippen molar-refractivity contribution in [2.24, 2.45) is 0 Å². The van der Waals surface area contributed by atoms with E-state index >= 15 is 0 Å². The quantitative estimate of drug-likeness (QED) is 0.274. The number of carbonyl (C=O) groups excluding carboxylic acids is 1. The molecule has 0 N–H and O–H groups in total. The first kappa shape index (κ1) is 17.8. The van der Waals surface area contributed by atoms with Crippen LogP contribution < -0.4 is 4.57 Å². The maximum Gasteiger partial charge on any atom is 0.227 e. The van der Waals surface area contributed by atoms with Gasteiger partial charge in [-0.2, -0.15) is 4.57 Å². The van der Waals surface area contributed by atoms with Crippen LogP contribution in [0.4, 0.5) is 0 Å². The van der Waals surface area contributed by atoms with Gasteiger partial charge in [0.1, 0.15) is 0 Å². The highest BCUT2D eigenvalue weighted by Crippen LogP contribution is 2.29. The van der Waals surface area contributed by atoms with Crippen molar-refractivity contribution < 1.29 is 9.36 Å². The van der Waals surface area contributed by atoms with Gasteiger partial charge in [0.15, 0.2) is 12.4 Å². The molecule has 130 valence electrons. The molecule has 0 unspecified atom stereocenters. The zero-order valence-corrected chi connectivity index (χ0v) is 15.6. The van der Waals surface area contributed by atoms with E-state index in [0.717, 1.165) is 10.9 Å². The van der Waals surface area contributed by atoms with Crippen LogP contribution in [0, 0.1) is 6.92 Å². The maximum atomic E-state index is 12.6. The third-order valence-corrected chi connectivity index (χ3v) is 4.49. The van der Waals surface area contributed by atoms with Crippen LogP contribution in [-0.4, -0.2) is 5.78 Å². The highest BCUT2D eigenvalue weighted by molar-refractivity contribution is 6.11. The lowest BCUT2D eigenvalue weighted by Gasteiger charge is -2.08. The average Bonchev–Trinajstić information content (AvgIpc) is 2.70. The molecule has 0 aliphatic carbocycles. The Kier molecular flexibility index (Phi) is 5.43. The Balaban J connectivity index is 0.000000948. The highest BCUT2D eigenvalue weighted by Gasteiger charge is 2.13. The Morgan fingerprint density at radius 3 is 2.23 bits per heavy atom. The fraction of sp³-hybridized carbons (Fsp3) is 0.167. The van der Waals surface area contributed by atoms with Gasteiger partial charge in [0.2, 0.25) is 12.3 Å². The third-order valence-electron chi connectivity index (χ3n) is 4.49. The Morgan fingerprint density at radius 2 is 1.50 bits per heavy atom. The van der Waals surface area contributed by atoms with Crippen molar-refractivity contribution in [3.63, 3.8) is 0 Å². The van der Waals surface area contributed by atoms with Gasteiger partial charge >= 0.3 is 0 Å². The highest BCUT2D eigenvalue weighted by atomic mass is 16.1. The molecule has 26 heavy (non-hydrogen) atoms. The molecule has 0 amide bonds. The molecule has 0 saturated carbocycles. The topological polar surface area (TPSA) is 20.9 Å². The van der Waals surface area contributed by atoms with Crippen LogP contribution in [0.3, 0.4) is 0 Å². The van der Waals surface area contributed by atoms with Gasteiger partial charge in [-0.1, -0.05) is 62.4 Å². The Bertz CT molecular complexity index is 1050. The first-order chi connectivity index (χ1) is 12.7. The van der Waals surface area contributed by atoms with E-state index in [0.29, 0.717) is 6.54 Å². The van der Waals surface area contributed by atoms with E-state index in [1.165, 1.54) is 21.7 Å². The minimum Gasteiger partial charge on any atom is -0.287 e. The molecular formula is C24H24NO+. The molecular weight excluding hydrogens is 318 g/mol. The second-order valence-electron chi connectivity index (χ2n) is 6.15. The van der Waals surface area contributed by atoms with Crippen LogP contribution in [-0.2, 0) is 6.54 Å². The van der Waals surface area contributed by atoms with Crippen molar-refractivity contribution in [1.29, 1.82) is 0 Å². The number of Topliss-reactive ketones (excluding diaryl/α,β-unsaturated/α-hetero) is 1. The van der Waals surface area contributed by atoms with Crippen molar-refractivity contribution >= 4 is 27.3 Å². The monoisotopic (exact) mass is 342 g/mol. The summed E-state index contributed by atoms with van der Waals surface area (Å²) in [6, 6.07) is 22.4. The molecule has 1 heterocycles. The summed E-state index contributed by atoms with van der Waals surface area (Å²) in [7, 11) is 0. The molecule has 0 bridgehead atoms. The molecule has 0 fully saturated rings. The van der Waals surface area contributed by atoms with Crippen LogP contribution in [0.25, 0.3) is 21.5 Å². The van der Waals surface area contributed by atoms with E-state index in [-0.39, 0.29) is 5.78 Å². The Morgan fingerprint density at radius 1 is 0.808 bits per heavy atom. The van der Waals surface area contributed by atoms with Gasteiger partial charge in [0.25, 0.3) is 0 Å². The predicted molar refractivity (Wildman–Crippen MR) is 109 cm³/mol. The van der Waals surface area contributed by atoms with Crippen LogP contribution in [0.15, 0.2) is 79.1 Å². The number of ketones is 1. The van der Waals surface area contributed by atoms with E-state index in [9.17, 15) is 4.79 Å². The molecule has 1 aromatic heterocycles. The average molecular weight is 342 g/mol. The first-order valence-corrected chi connectivity index (χ1v) is 9.12. The normalized spacial score (nSPS) is 10.4. The summed E-state index contributed by atoms with van der Waals surface area (Å²) in [5, 5.41) is 4.76. The van der Waals surface area contributed by atoms with Gasteiger partial charge in [-0.15, -0.1) is 0 Å². The number of rotatable bonds is 3. The van der Waals surface area contributed by atoms with Crippen LogP contribution in [0.5, 0.6) is 0 Å². The minimum atomic E-state index is 0.123. The van der Waals surface area contributed by atoms with Crippen molar-refractivity contribution in [2.75, 3.05) is 0 Å². The van der Waals surface area contributed by atoms with Gasteiger partial charge in [-0.05, 0) is 40.1 Å². The van der Waals surface area contributed by atoms with E-state index in [4.69, 9.17) is 0 Å². The number of hydrogen-bond donors (Lipinski definition) is 0. The zero-order chi connectivity index (χ0) is 18.5. The largest absolute Gasteiger partial charge is 0.287 e. The number of pyridine rings is 1. The number of aromatic nitrogens is 1. The summed E-state index contributed by atoms with van der Waals surface area (Å²) < 4.78 is 1.90. The first-order valence-electron chi connectivity index (χ1n) is 9.12. The Hall–Kier alpha value is -3.00. The molecule has 0 saturated heterocycles. The summed E-state index contributed by atoms with van der Waals surface area (Å²) >= 11 is 0. The summed E-state index contributed by atoms with van der Waals surface area (Å²) in [5.41, 5.74) is 2.02.